The Morgan fingerprint density at radius 1 is 1.28 bits per heavy atom. The molecule has 0 spiro atoms. The van der Waals surface area contributed by atoms with Crippen LogP contribution in [0.2, 0.25) is 0 Å². The molecular weight excluding hydrogens is 244 g/mol. The number of benzene rings is 1. The van der Waals surface area contributed by atoms with Crippen molar-refractivity contribution in [3.8, 4) is 0 Å². The van der Waals surface area contributed by atoms with Crippen LogP contribution in [0.4, 0.5) is 0 Å². The molecule has 1 rings (SSSR count). The van der Waals surface area contributed by atoms with Crippen LogP contribution in [0.3, 0.4) is 0 Å². The summed E-state index contributed by atoms with van der Waals surface area (Å²) in [6, 6.07) is 6.59. The molecule has 0 aliphatic rings. The van der Waals surface area contributed by atoms with Crippen molar-refractivity contribution in [3.05, 3.63) is 34.9 Å². The fraction of sp³-hybridized carbons (Fsp3) is 0.533. The van der Waals surface area contributed by atoms with E-state index < -0.39 is 0 Å². The highest BCUT2D eigenvalue weighted by Crippen LogP contribution is 2.21. The van der Waals surface area contributed by atoms with Gasteiger partial charge in [-0.3, -0.25) is 4.79 Å². The number of carbonyl (C=O) groups is 1. The van der Waals surface area contributed by atoms with Crippen LogP contribution < -0.4 is 0 Å². The first kappa shape index (κ1) is 15.1. The normalized spacial score (nSPS) is 12.2. The van der Waals surface area contributed by atoms with E-state index >= 15 is 0 Å². The average Bonchev–Trinajstić information content (AvgIpc) is 2.25. The predicted molar refractivity (Wildman–Crippen MR) is 77.9 cm³/mol. The molecule has 0 bridgehead atoms. The molecule has 100 valence electrons. The number of esters is 1. The molecule has 0 saturated carbocycles. The van der Waals surface area contributed by atoms with Gasteiger partial charge in [-0.05, 0) is 26.3 Å². The Morgan fingerprint density at radius 3 is 2.44 bits per heavy atom. The molecule has 0 amide bonds. The van der Waals surface area contributed by atoms with Gasteiger partial charge in [-0.2, -0.15) is 11.8 Å². The molecule has 1 unspecified atom stereocenters. The Labute approximate surface area is 114 Å². The van der Waals surface area contributed by atoms with E-state index in [0.717, 1.165) is 5.75 Å². The smallest absolute Gasteiger partial charge is 0.306 e. The average molecular weight is 266 g/mol. The van der Waals surface area contributed by atoms with Crippen molar-refractivity contribution < 1.29 is 9.53 Å². The largest absolute Gasteiger partial charge is 0.466 e. The lowest BCUT2D eigenvalue weighted by atomic mass is 10.1. The molecule has 3 heteroatoms. The fourth-order valence-electron chi connectivity index (χ4n) is 1.90. The van der Waals surface area contributed by atoms with Crippen LogP contribution in [0.1, 0.15) is 37.0 Å². The Balaban J connectivity index is 2.42. The number of hydrogen-bond acceptors (Lipinski definition) is 3. The number of ether oxygens (including phenoxy) is 1. The number of thioether (sulfide) groups is 1. The zero-order valence-corrected chi connectivity index (χ0v) is 12.5. The zero-order chi connectivity index (χ0) is 13.5. The standard InChI is InChI=1S/C15H22O2S/c1-5-17-15(16)9-13(4)18-10-14-7-11(2)6-12(3)8-14/h6-8,13H,5,9-10H2,1-4H3. The minimum atomic E-state index is -0.0991. The Hall–Kier alpha value is -0.960. The predicted octanol–water partition coefficient (Wildman–Crippen LogP) is 3.88. The van der Waals surface area contributed by atoms with Crippen LogP contribution in [-0.2, 0) is 15.3 Å². The van der Waals surface area contributed by atoms with Crippen LogP contribution in [0, 0.1) is 13.8 Å². The van der Waals surface area contributed by atoms with Gasteiger partial charge in [-0.25, -0.2) is 0 Å². The summed E-state index contributed by atoms with van der Waals surface area (Å²) in [6.07, 6.45) is 0.489. The maximum Gasteiger partial charge on any atom is 0.306 e. The first-order chi connectivity index (χ1) is 8.51. The van der Waals surface area contributed by atoms with E-state index in [-0.39, 0.29) is 5.97 Å². The van der Waals surface area contributed by atoms with Crippen LogP contribution in [-0.4, -0.2) is 17.8 Å². The molecule has 1 aromatic carbocycles. The number of hydrogen-bond donors (Lipinski definition) is 0. The van der Waals surface area contributed by atoms with E-state index in [9.17, 15) is 4.79 Å². The van der Waals surface area contributed by atoms with Crippen LogP contribution in [0.15, 0.2) is 18.2 Å². The first-order valence-corrected chi connectivity index (χ1v) is 7.40. The second kappa shape index (κ2) is 7.47. The van der Waals surface area contributed by atoms with Crippen LogP contribution in [0.25, 0.3) is 0 Å². The molecule has 1 atom stereocenters. The number of carbonyl (C=O) groups excluding carboxylic acids is 1. The van der Waals surface area contributed by atoms with Gasteiger partial charge in [-0.1, -0.05) is 36.2 Å². The Kier molecular flexibility index (Phi) is 6.27. The molecule has 0 fully saturated rings. The van der Waals surface area contributed by atoms with Gasteiger partial charge in [0.05, 0.1) is 13.0 Å². The summed E-state index contributed by atoms with van der Waals surface area (Å²) in [6.45, 7) is 8.61. The van der Waals surface area contributed by atoms with Crippen molar-refractivity contribution in [2.75, 3.05) is 6.61 Å². The van der Waals surface area contributed by atoms with Gasteiger partial charge in [0.1, 0.15) is 0 Å². The highest BCUT2D eigenvalue weighted by Gasteiger charge is 2.10. The third kappa shape index (κ3) is 5.58. The zero-order valence-electron chi connectivity index (χ0n) is 11.7. The molecule has 0 aromatic heterocycles. The molecule has 2 nitrogen and oxygen atoms in total. The van der Waals surface area contributed by atoms with E-state index in [0.29, 0.717) is 18.3 Å². The maximum atomic E-state index is 11.3. The van der Waals surface area contributed by atoms with E-state index in [1.807, 2.05) is 6.92 Å². The third-order valence-corrected chi connectivity index (χ3v) is 3.81. The summed E-state index contributed by atoms with van der Waals surface area (Å²) in [4.78, 5) is 11.3. The van der Waals surface area contributed by atoms with Crippen molar-refractivity contribution in [2.24, 2.45) is 0 Å². The summed E-state index contributed by atoms with van der Waals surface area (Å²) in [5.41, 5.74) is 3.92. The molecule has 1 aromatic rings. The van der Waals surface area contributed by atoms with Gasteiger partial charge >= 0.3 is 5.97 Å². The molecule has 0 aliphatic heterocycles. The van der Waals surface area contributed by atoms with Crippen LogP contribution in [0.5, 0.6) is 0 Å². The second-order valence-electron chi connectivity index (χ2n) is 4.63. The maximum absolute atomic E-state index is 11.3. The summed E-state index contributed by atoms with van der Waals surface area (Å²) in [5, 5.41) is 0.296. The highest BCUT2D eigenvalue weighted by molar-refractivity contribution is 7.99. The quantitative estimate of drug-likeness (QED) is 0.731. The summed E-state index contributed by atoms with van der Waals surface area (Å²) < 4.78 is 4.95. The van der Waals surface area contributed by atoms with Crippen molar-refractivity contribution in [1.82, 2.24) is 0 Å². The molecule has 0 radical (unpaired) electrons. The lowest BCUT2D eigenvalue weighted by Gasteiger charge is -2.11. The molecule has 0 aliphatic carbocycles. The van der Waals surface area contributed by atoms with E-state index in [1.165, 1.54) is 16.7 Å². The van der Waals surface area contributed by atoms with Crippen LogP contribution >= 0.6 is 11.8 Å². The fourth-order valence-corrected chi connectivity index (χ4v) is 2.80. The summed E-state index contributed by atoms with van der Waals surface area (Å²) in [5.74, 6) is 0.848. The summed E-state index contributed by atoms with van der Waals surface area (Å²) >= 11 is 1.80. The molecule has 0 N–H and O–H groups in total. The molecule has 0 saturated heterocycles. The first-order valence-electron chi connectivity index (χ1n) is 6.35. The van der Waals surface area contributed by atoms with Gasteiger partial charge in [0, 0.05) is 11.0 Å². The summed E-state index contributed by atoms with van der Waals surface area (Å²) in [7, 11) is 0. The van der Waals surface area contributed by atoms with E-state index in [2.05, 4.69) is 39.0 Å². The molecule has 0 heterocycles. The van der Waals surface area contributed by atoms with Crippen molar-refractivity contribution in [3.63, 3.8) is 0 Å². The SMILES string of the molecule is CCOC(=O)CC(C)SCc1cc(C)cc(C)c1. The van der Waals surface area contributed by atoms with Gasteiger partial charge in [0.25, 0.3) is 0 Å². The number of aryl methyl sites for hydroxylation is 2. The minimum Gasteiger partial charge on any atom is -0.466 e. The second-order valence-corrected chi connectivity index (χ2v) is 6.05. The lowest BCUT2D eigenvalue weighted by molar-refractivity contribution is -0.142. The third-order valence-electron chi connectivity index (χ3n) is 2.58. The minimum absolute atomic E-state index is 0.0991. The van der Waals surface area contributed by atoms with Gasteiger partial charge in [0.2, 0.25) is 0 Å². The Bertz CT molecular complexity index is 381. The highest BCUT2D eigenvalue weighted by atomic mass is 32.2. The monoisotopic (exact) mass is 266 g/mol. The van der Waals surface area contributed by atoms with Crippen molar-refractivity contribution in [2.45, 2.75) is 45.1 Å². The molecule has 18 heavy (non-hydrogen) atoms. The number of rotatable bonds is 6. The van der Waals surface area contributed by atoms with Gasteiger partial charge in [-0.15, -0.1) is 0 Å². The topological polar surface area (TPSA) is 26.3 Å². The lowest BCUT2D eigenvalue weighted by Crippen LogP contribution is -2.10. The Morgan fingerprint density at radius 2 is 1.89 bits per heavy atom. The molecular formula is C15H22O2S. The van der Waals surface area contributed by atoms with E-state index in [1.54, 1.807) is 11.8 Å². The van der Waals surface area contributed by atoms with Gasteiger partial charge < -0.3 is 4.74 Å². The van der Waals surface area contributed by atoms with Crippen molar-refractivity contribution in [1.29, 1.82) is 0 Å². The van der Waals surface area contributed by atoms with Gasteiger partial charge in [0.15, 0.2) is 0 Å². The van der Waals surface area contributed by atoms with E-state index in [4.69, 9.17) is 4.74 Å². The van der Waals surface area contributed by atoms with Crippen molar-refractivity contribution >= 4 is 17.7 Å².